The van der Waals surface area contributed by atoms with Gasteiger partial charge in [-0.15, -0.1) is 12.4 Å². The highest BCUT2D eigenvalue weighted by atomic mass is 35.5. The zero-order valence-corrected chi connectivity index (χ0v) is 10.8. The van der Waals surface area contributed by atoms with Crippen LogP contribution in [-0.4, -0.2) is 15.5 Å². The second kappa shape index (κ2) is 5.12. The summed E-state index contributed by atoms with van der Waals surface area (Å²) < 4.78 is 1.97. The van der Waals surface area contributed by atoms with Crippen LogP contribution in [0.15, 0.2) is 54.9 Å². The summed E-state index contributed by atoms with van der Waals surface area (Å²) in [5.74, 6) is -0.419. The Kier molecular flexibility index (Phi) is 3.53. The van der Waals surface area contributed by atoms with Crippen LogP contribution in [-0.2, 0) is 0 Å². The highest BCUT2D eigenvalue weighted by Gasteiger charge is 2.04. The third-order valence-corrected chi connectivity index (χ3v) is 2.88. The highest BCUT2D eigenvalue weighted by molar-refractivity contribution is 5.93. The van der Waals surface area contributed by atoms with E-state index in [-0.39, 0.29) is 12.4 Å². The van der Waals surface area contributed by atoms with E-state index in [1.807, 2.05) is 41.1 Å². The van der Waals surface area contributed by atoms with Gasteiger partial charge < -0.3 is 10.3 Å². The van der Waals surface area contributed by atoms with Gasteiger partial charge in [0, 0.05) is 29.0 Å². The number of aromatic nitrogens is 2. The summed E-state index contributed by atoms with van der Waals surface area (Å²) in [6, 6.07) is 13.1. The summed E-state index contributed by atoms with van der Waals surface area (Å²) >= 11 is 0. The van der Waals surface area contributed by atoms with Crippen LogP contribution in [0.2, 0.25) is 0 Å². The molecule has 0 spiro atoms. The van der Waals surface area contributed by atoms with Crippen molar-refractivity contribution in [1.29, 1.82) is 0 Å². The van der Waals surface area contributed by atoms with E-state index in [4.69, 9.17) is 5.73 Å². The van der Waals surface area contributed by atoms with Crippen molar-refractivity contribution < 1.29 is 4.79 Å². The van der Waals surface area contributed by atoms with E-state index in [2.05, 4.69) is 4.98 Å². The van der Waals surface area contributed by atoms with Crippen molar-refractivity contribution in [3.8, 4) is 5.69 Å². The minimum Gasteiger partial charge on any atom is -0.366 e. The Bertz CT molecular complexity index is 719. The molecule has 0 aliphatic heterocycles. The van der Waals surface area contributed by atoms with E-state index in [0.29, 0.717) is 5.56 Å². The Morgan fingerprint density at radius 1 is 1.11 bits per heavy atom. The third kappa shape index (κ3) is 2.30. The minimum absolute atomic E-state index is 0. The molecule has 2 heterocycles. The Hall–Kier alpha value is -2.33. The first kappa shape index (κ1) is 13.1. The number of pyridine rings is 1. The maximum Gasteiger partial charge on any atom is 0.248 e. The fraction of sp³-hybridized carbons (Fsp3) is 0. The van der Waals surface area contributed by atoms with Gasteiger partial charge in [0.05, 0.1) is 0 Å². The van der Waals surface area contributed by atoms with Gasteiger partial charge in [0.1, 0.15) is 5.65 Å². The Morgan fingerprint density at radius 2 is 1.84 bits per heavy atom. The van der Waals surface area contributed by atoms with Crippen LogP contribution in [0.3, 0.4) is 0 Å². The molecule has 1 amide bonds. The maximum absolute atomic E-state index is 11.0. The van der Waals surface area contributed by atoms with Gasteiger partial charge in [0.15, 0.2) is 0 Å². The number of fused-ring (bicyclic) bond motifs is 1. The Balaban J connectivity index is 0.00000133. The number of rotatable bonds is 2. The van der Waals surface area contributed by atoms with Gasteiger partial charge in [-0.05, 0) is 42.5 Å². The normalized spacial score (nSPS) is 10.1. The average molecular weight is 274 g/mol. The van der Waals surface area contributed by atoms with Crippen LogP contribution in [0.1, 0.15) is 10.4 Å². The van der Waals surface area contributed by atoms with Gasteiger partial charge >= 0.3 is 0 Å². The van der Waals surface area contributed by atoms with Gasteiger partial charge in [0.2, 0.25) is 5.91 Å². The predicted octanol–water partition coefficient (Wildman–Crippen LogP) is 2.55. The summed E-state index contributed by atoms with van der Waals surface area (Å²) in [5, 5.41) is 1.08. The van der Waals surface area contributed by atoms with Gasteiger partial charge in [-0.25, -0.2) is 4.98 Å². The molecule has 19 heavy (non-hydrogen) atoms. The van der Waals surface area contributed by atoms with E-state index >= 15 is 0 Å². The van der Waals surface area contributed by atoms with E-state index in [9.17, 15) is 4.79 Å². The molecule has 3 aromatic rings. The standard InChI is InChI=1S/C14H11N3O.ClH/c15-13(18)10-3-5-12(6-4-10)17-9-7-11-2-1-8-16-14(11)17;/h1-9H,(H2,15,18);1H. The van der Waals surface area contributed by atoms with Gasteiger partial charge in [-0.1, -0.05) is 0 Å². The number of nitrogens with zero attached hydrogens (tertiary/aromatic N) is 2. The molecule has 0 atom stereocenters. The third-order valence-electron chi connectivity index (χ3n) is 2.88. The smallest absolute Gasteiger partial charge is 0.248 e. The average Bonchev–Trinajstić information content (AvgIpc) is 2.82. The summed E-state index contributed by atoms with van der Waals surface area (Å²) in [4.78, 5) is 15.4. The van der Waals surface area contributed by atoms with Crippen LogP contribution in [0.4, 0.5) is 0 Å². The molecule has 0 saturated carbocycles. The number of benzene rings is 1. The number of carbonyl (C=O) groups excluding carboxylic acids is 1. The van der Waals surface area contributed by atoms with Crippen molar-refractivity contribution in [2.24, 2.45) is 5.73 Å². The number of hydrogen-bond acceptors (Lipinski definition) is 2. The molecule has 0 fully saturated rings. The van der Waals surface area contributed by atoms with Crippen LogP contribution in [0, 0.1) is 0 Å². The second-order valence-corrected chi connectivity index (χ2v) is 4.01. The van der Waals surface area contributed by atoms with Crippen molar-refractivity contribution >= 4 is 29.3 Å². The summed E-state index contributed by atoms with van der Waals surface area (Å²) in [7, 11) is 0. The molecule has 4 nitrogen and oxygen atoms in total. The van der Waals surface area contributed by atoms with Crippen molar-refractivity contribution in [3.05, 3.63) is 60.4 Å². The number of primary amides is 1. The quantitative estimate of drug-likeness (QED) is 0.780. The zero-order chi connectivity index (χ0) is 12.5. The van der Waals surface area contributed by atoms with Crippen molar-refractivity contribution in [2.75, 3.05) is 0 Å². The topological polar surface area (TPSA) is 60.9 Å². The summed E-state index contributed by atoms with van der Waals surface area (Å²) in [6.07, 6.45) is 3.72. The zero-order valence-electron chi connectivity index (χ0n) is 9.98. The lowest BCUT2D eigenvalue weighted by Gasteiger charge is -2.05. The van der Waals surface area contributed by atoms with Crippen LogP contribution < -0.4 is 5.73 Å². The van der Waals surface area contributed by atoms with Crippen LogP contribution in [0.5, 0.6) is 0 Å². The molecule has 0 bridgehead atoms. The minimum atomic E-state index is -0.419. The first-order chi connectivity index (χ1) is 8.75. The number of hydrogen-bond donors (Lipinski definition) is 1. The molecule has 96 valence electrons. The molecular formula is C14H12ClN3O. The number of amides is 1. The fourth-order valence-electron chi connectivity index (χ4n) is 1.96. The first-order valence-corrected chi connectivity index (χ1v) is 5.58. The summed E-state index contributed by atoms with van der Waals surface area (Å²) in [6.45, 7) is 0. The largest absolute Gasteiger partial charge is 0.366 e. The van der Waals surface area contributed by atoms with E-state index < -0.39 is 5.91 Å². The molecule has 3 rings (SSSR count). The molecule has 0 unspecified atom stereocenters. The monoisotopic (exact) mass is 273 g/mol. The lowest BCUT2D eigenvalue weighted by molar-refractivity contribution is 0.100. The van der Waals surface area contributed by atoms with Crippen molar-refractivity contribution in [1.82, 2.24) is 9.55 Å². The van der Waals surface area contributed by atoms with Crippen LogP contribution >= 0.6 is 12.4 Å². The molecule has 0 aliphatic rings. The van der Waals surface area contributed by atoms with Gasteiger partial charge in [-0.3, -0.25) is 4.79 Å². The van der Waals surface area contributed by atoms with Gasteiger partial charge in [0.25, 0.3) is 0 Å². The maximum atomic E-state index is 11.0. The first-order valence-electron chi connectivity index (χ1n) is 5.58. The molecular weight excluding hydrogens is 262 g/mol. The summed E-state index contributed by atoms with van der Waals surface area (Å²) in [5.41, 5.74) is 7.56. The van der Waals surface area contributed by atoms with Gasteiger partial charge in [-0.2, -0.15) is 0 Å². The molecule has 0 radical (unpaired) electrons. The van der Waals surface area contributed by atoms with Crippen LogP contribution in [0.25, 0.3) is 16.7 Å². The van der Waals surface area contributed by atoms with E-state index in [0.717, 1.165) is 16.7 Å². The number of halogens is 1. The molecule has 0 saturated heterocycles. The Labute approximate surface area is 116 Å². The van der Waals surface area contributed by atoms with E-state index in [1.165, 1.54) is 0 Å². The SMILES string of the molecule is Cl.NC(=O)c1ccc(-n2ccc3cccnc32)cc1. The Morgan fingerprint density at radius 3 is 2.53 bits per heavy atom. The molecule has 2 N–H and O–H groups in total. The van der Waals surface area contributed by atoms with E-state index in [1.54, 1.807) is 18.3 Å². The predicted molar refractivity (Wildman–Crippen MR) is 76.8 cm³/mol. The fourth-order valence-corrected chi connectivity index (χ4v) is 1.96. The lowest BCUT2D eigenvalue weighted by atomic mass is 10.2. The highest BCUT2D eigenvalue weighted by Crippen LogP contribution is 2.18. The lowest BCUT2D eigenvalue weighted by Crippen LogP contribution is -2.10. The molecule has 1 aromatic carbocycles. The number of carbonyl (C=O) groups is 1. The molecule has 0 aliphatic carbocycles. The van der Waals surface area contributed by atoms with Crippen molar-refractivity contribution in [2.45, 2.75) is 0 Å². The molecule has 5 heteroatoms. The molecule has 2 aromatic heterocycles. The second-order valence-electron chi connectivity index (χ2n) is 4.01. The van der Waals surface area contributed by atoms with Crippen molar-refractivity contribution in [3.63, 3.8) is 0 Å². The number of nitrogens with two attached hydrogens (primary N) is 1.